The van der Waals surface area contributed by atoms with Crippen LogP contribution in [0.25, 0.3) is 0 Å². The highest BCUT2D eigenvalue weighted by Crippen LogP contribution is 2.39. The van der Waals surface area contributed by atoms with E-state index in [0.29, 0.717) is 84.9 Å². The van der Waals surface area contributed by atoms with Crippen molar-refractivity contribution in [2.45, 2.75) is 57.6 Å². The summed E-state index contributed by atoms with van der Waals surface area (Å²) in [6.45, 7) is 16.5. The lowest BCUT2D eigenvalue weighted by molar-refractivity contribution is -0.122. The summed E-state index contributed by atoms with van der Waals surface area (Å²) in [7, 11) is 3.53. The van der Waals surface area contributed by atoms with Gasteiger partial charge in [0.1, 0.15) is 5.44 Å². The van der Waals surface area contributed by atoms with Gasteiger partial charge in [0, 0.05) is 30.7 Å². The van der Waals surface area contributed by atoms with Crippen LogP contribution in [0.5, 0.6) is 0 Å². The quantitative estimate of drug-likeness (QED) is 0.0898. The highest BCUT2D eigenvalue weighted by atomic mass is 33.1. The van der Waals surface area contributed by atoms with Gasteiger partial charge >= 0.3 is 0 Å². The highest BCUT2D eigenvalue weighted by molar-refractivity contribution is 8.77. The zero-order chi connectivity index (χ0) is 25.5. The number of hydrogen-bond acceptors (Lipinski definition) is 9. The fraction of sp³-hybridized carbons (Fsp3) is 0.875. The monoisotopic (exact) mass is 524 g/mol. The Labute approximate surface area is 215 Å². The lowest BCUT2D eigenvalue weighted by Gasteiger charge is -2.22. The van der Waals surface area contributed by atoms with Crippen LogP contribution in [-0.4, -0.2) is 88.6 Å². The third-order valence-corrected chi connectivity index (χ3v) is 7.47. The molecule has 0 spiro atoms. The number of allylic oxidation sites excluding steroid dienone is 1. The highest BCUT2D eigenvalue weighted by Gasteiger charge is 2.17. The molecule has 34 heavy (non-hydrogen) atoms. The molecule has 0 rings (SSSR count). The van der Waals surface area contributed by atoms with Crippen LogP contribution in [0.2, 0.25) is 0 Å². The first-order valence-electron chi connectivity index (χ1n) is 12.1. The molecule has 0 aliphatic heterocycles. The smallest absolute Gasteiger partial charge is 0.222 e. The summed E-state index contributed by atoms with van der Waals surface area (Å²) in [5.74, 6) is 0.482. The van der Waals surface area contributed by atoms with Crippen molar-refractivity contribution in [2.24, 2.45) is 11.7 Å². The number of carbonyl (C=O) groups excluding carboxylic acids is 1. The average molecular weight is 525 g/mol. The van der Waals surface area contributed by atoms with E-state index in [-0.39, 0.29) is 16.1 Å². The molecule has 1 atom stereocenters. The van der Waals surface area contributed by atoms with Crippen molar-refractivity contribution in [3.8, 4) is 0 Å². The van der Waals surface area contributed by atoms with Gasteiger partial charge in [-0.05, 0) is 5.92 Å². The molecule has 0 fully saturated rings. The van der Waals surface area contributed by atoms with Crippen LogP contribution in [-0.2, 0) is 28.5 Å². The maximum atomic E-state index is 11.7. The third kappa shape index (κ3) is 26.3. The second-order valence-electron chi connectivity index (χ2n) is 8.85. The van der Waals surface area contributed by atoms with Crippen molar-refractivity contribution >= 4 is 27.5 Å². The molecular formula is C24H48N2O6S2. The van der Waals surface area contributed by atoms with Crippen molar-refractivity contribution in [1.82, 2.24) is 5.32 Å². The van der Waals surface area contributed by atoms with Gasteiger partial charge in [0.15, 0.2) is 0 Å². The minimum atomic E-state index is -0.00791. The first-order valence-corrected chi connectivity index (χ1v) is 14.4. The minimum absolute atomic E-state index is 0.00791. The largest absolute Gasteiger partial charge is 0.379 e. The Kier molecular flexibility index (Phi) is 22.9. The number of amides is 1. The zero-order valence-corrected chi connectivity index (χ0v) is 23.5. The van der Waals surface area contributed by atoms with Crippen molar-refractivity contribution in [3.05, 3.63) is 12.2 Å². The number of nitrogens with one attached hydrogen (secondary N) is 1. The normalized spacial score (nSPS) is 13.1. The maximum absolute atomic E-state index is 11.7. The standard InChI is InChI=1S/C24H48N2O6S2/c1-21(2)7-6-11-26-22(27)8-12-28-16-18-31-19-20-32-23(33-34-24(3,4)5)9-13-29-15-17-30-14-10-25/h6-7,21,23H,8-20,25H2,1-5H3,(H,26,27)/b7-6+. The number of hydrogen-bond donors (Lipinski definition) is 2. The van der Waals surface area contributed by atoms with E-state index in [1.54, 1.807) is 21.6 Å². The molecule has 10 heteroatoms. The molecule has 0 aromatic rings. The summed E-state index contributed by atoms with van der Waals surface area (Å²) in [4.78, 5) is 11.7. The van der Waals surface area contributed by atoms with E-state index in [9.17, 15) is 4.79 Å². The van der Waals surface area contributed by atoms with E-state index in [1.807, 2.05) is 6.08 Å². The van der Waals surface area contributed by atoms with Gasteiger partial charge in [-0.25, -0.2) is 0 Å². The van der Waals surface area contributed by atoms with Crippen LogP contribution < -0.4 is 11.1 Å². The Morgan fingerprint density at radius 3 is 2.12 bits per heavy atom. The summed E-state index contributed by atoms with van der Waals surface area (Å²) in [5.41, 5.74) is 5.42. The van der Waals surface area contributed by atoms with Gasteiger partial charge in [-0.1, -0.05) is 68.4 Å². The van der Waals surface area contributed by atoms with Crippen molar-refractivity contribution in [3.63, 3.8) is 0 Å². The van der Waals surface area contributed by atoms with E-state index in [2.05, 4.69) is 46.0 Å². The lowest BCUT2D eigenvalue weighted by atomic mass is 10.2. The van der Waals surface area contributed by atoms with Gasteiger partial charge < -0.3 is 34.7 Å². The van der Waals surface area contributed by atoms with Gasteiger partial charge in [-0.3, -0.25) is 4.79 Å². The number of carbonyl (C=O) groups is 1. The van der Waals surface area contributed by atoms with Gasteiger partial charge in [0.25, 0.3) is 0 Å². The van der Waals surface area contributed by atoms with Crippen LogP contribution >= 0.6 is 21.6 Å². The third-order valence-electron chi connectivity index (χ3n) is 3.85. The van der Waals surface area contributed by atoms with Gasteiger partial charge in [-0.2, -0.15) is 0 Å². The molecule has 0 aliphatic rings. The predicted octanol–water partition coefficient (Wildman–Crippen LogP) is 3.64. The van der Waals surface area contributed by atoms with Crippen LogP contribution in [0, 0.1) is 5.92 Å². The summed E-state index contributed by atoms with van der Waals surface area (Å²) >= 11 is 0. The first kappa shape index (κ1) is 33.7. The Balaban J connectivity index is 3.80. The Morgan fingerprint density at radius 1 is 0.912 bits per heavy atom. The molecule has 0 saturated carbocycles. The second-order valence-corrected chi connectivity index (χ2v) is 12.0. The van der Waals surface area contributed by atoms with E-state index in [1.165, 1.54) is 0 Å². The molecule has 0 aromatic heterocycles. The fourth-order valence-corrected chi connectivity index (χ4v) is 4.65. The topological polar surface area (TPSA) is 101 Å². The Hall–Kier alpha value is -0.330. The van der Waals surface area contributed by atoms with E-state index in [0.717, 1.165) is 6.42 Å². The maximum Gasteiger partial charge on any atom is 0.222 e. The van der Waals surface area contributed by atoms with Gasteiger partial charge in [0.2, 0.25) is 5.91 Å². The number of nitrogens with two attached hydrogens (primary N) is 1. The van der Waals surface area contributed by atoms with Crippen molar-refractivity contribution in [2.75, 3.05) is 72.6 Å². The molecule has 1 amide bonds. The molecule has 0 heterocycles. The molecule has 0 bridgehead atoms. The molecule has 0 radical (unpaired) electrons. The molecule has 3 N–H and O–H groups in total. The van der Waals surface area contributed by atoms with Crippen molar-refractivity contribution < 1.29 is 28.5 Å². The lowest BCUT2D eigenvalue weighted by Crippen LogP contribution is -2.24. The summed E-state index contributed by atoms with van der Waals surface area (Å²) in [6.07, 6.45) is 5.18. The molecule has 0 saturated heterocycles. The predicted molar refractivity (Wildman–Crippen MR) is 143 cm³/mol. The summed E-state index contributed by atoms with van der Waals surface area (Å²) < 4.78 is 28.1. The summed E-state index contributed by atoms with van der Waals surface area (Å²) in [5, 5.41) is 2.84. The van der Waals surface area contributed by atoms with E-state index < -0.39 is 0 Å². The Morgan fingerprint density at radius 2 is 1.50 bits per heavy atom. The first-order chi connectivity index (χ1) is 16.2. The van der Waals surface area contributed by atoms with Gasteiger partial charge in [0.05, 0.1) is 59.5 Å². The molecule has 8 nitrogen and oxygen atoms in total. The van der Waals surface area contributed by atoms with E-state index >= 15 is 0 Å². The van der Waals surface area contributed by atoms with Crippen LogP contribution in [0.4, 0.5) is 0 Å². The average Bonchev–Trinajstić information content (AvgIpc) is 2.77. The van der Waals surface area contributed by atoms with Gasteiger partial charge in [-0.15, -0.1) is 0 Å². The summed E-state index contributed by atoms with van der Waals surface area (Å²) in [6, 6.07) is 0. The second kappa shape index (κ2) is 23.1. The minimum Gasteiger partial charge on any atom is -0.379 e. The molecule has 0 aromatic carbocycles. The molecule has 0 aliphatic carbocycles. The molecular weight excluding hydrogens is 476 g/mol. The Bertz CT molecular complexity index is 504. The number of ether oxygens (including phenoxy) is 5. The fourth-order valence-electron chi connectivity index (χ4n) is 2.27. The van der Waals surface area contributed by atoms with Crippen LogP contribution in [0.1, 0.15) is 47.5 Å². The zero-order valence-electron chi connectivity index (χ0n) is 21.8. The molecule has 1 unspecified atom stereocenters. The van der Waals surface area contributed by atoms with Crippen LogP contribution in [0.3, 0.4) is 0 Å². The van der Waals surface area contributed by atoms with E-state index in [4.69, 9.17) is 29.4 Å². The van der Waals surface area contributed by atoms with Crippen molar-refractivity contribution in [1.29, 1.82) is 0 Å². The number of rotatable bonds is 23. The molecule has 202 valence electrons. The van der Waals surface area contributed by atoms with Crippen LogP contribution in [0.15, 0.2) is 12.2 Å². The SMILES string of the molecule is CC(C)/C=C/CNC(=O)CCOCCOCCOC(CCOCCOCCN)SSC(C)(C)C.